The van der Waals surface area contributed by atoms with Crippen LogP contribution < -0.4 is 0 Å². The minimum atomic E-state index is 0.817. The number of hydrogen-bond donors (Lipinski definition) is 1. The Morgan fingerprint density at radius 2 is 2.19 bits per heavy atom. The van der Waals surface area contributed by atoms with E-state index in [0.717, 1.165) is 42.3 Å². The maximum atomic E-state index is 4.49. The zero-order chi connectivity index (χ0) is 11.4. The Labute approximate surface area is 95.2 Å². The molecule has 2 aromatic rings. The Hall–Kier alpha value is -1.71. The van der Waals surface area contributed by atoms with Crippen molar-refractivity contribution in [2.24, 2.45) is 0 Å². The molecule has 4 heteroatoms. The molecule has 0 saturated heterocycles. The van der Waals surface area contributed by atoms with Crippen molar-refractivity contribution >= 4 is 0 Å². The van der Waals surface area contributed by atoms with Crippen LogP contribution in [0.4, 0.5) is 0 Å². The first kappa shape index (κ1) is 10.8. The Morgan fingerprint density at radius 3 is 2.88 bits per heavy atom. The van der Waals surface area contributed by atoms with E-state index in [2.05, 4.69) is 26.9 Å². The van der Waals surface area contributed by atoms with E-state index in [9.17, 15) is 0 Å². The molecule has 0 aliphatic heterocycles. The van der Waals surface area contributed by atoms with Crippen LogP contribution in [-0.4, -0.2) is 19.9 Å². The first-order valence-electron chi connectivity index (χ1n) is 5.63. The Kier molecular flexibility index (Phi) is 3.29. The van der Waals surface area contributed by atoms with Crippen LogP contribution in [0.25, 0.3) is 11.5 Å². The quantitative estimate of drug-likeness (QED) is 0.854. The molecule has 1 N–H and O–H groups in total. The zero-order valence-corrected chi connectivity index (χ0v) is 9.70. The molecule has 0 aliphatic rings. The number of aromatic nitrogens is 4. The highest BCUT2D eigenvalue weighted by Crippen LogP contribution is 2.12. The van der Waals surface area contributed by atoms with Gasteiger partial charge in [-0.25, -0.2) is 15.0 Å². The zero-order valence-electron chi connectivity index (χ0n) is 9.70. The minimum absolute atomic E-state index is 0.817. The number of H-pyrrole nitrogens is 1. The van der Waals surface area contributed by atoms with Crippen LogP contribution in [0.5, 0.6) is 0 Å². The molecule has 2 aromatic heterocycles. The normalized spacial score (nSPS) is 10.6. The molecule has 2 heterocycles. The summed E-state index contributed by atoms with van der Waals surface area (Å²) in [6.45, 7) is 4.15. The Balaban J connectivity index is 2.22. The average Bonchev–Trinajstić information content (AvgIpc) is 2.74. The number of hydrogen-bond acceptors (Lipinski definition) is 3. The summed E-state index contributed by atoms with van der Waals surface area (Å²) in [6, 6.07) is 1.88. The van der Waals surface area contributed by atoms with Crippen LogP contribution >= 0.6 is 0 Å². The van der Waals surface area contributed by atoms with Gasteiger partial charge >= 0.3 is 0 Å². The van der Waals surface area contributed by atoms with E-state index in [1.807, 2.05) is 19.2 Å². The largest absolute Gasteiger partial charge is 0.341 e. The van der Waals surface area contributed by atoms with E-state index in [4.69, 9.17) is 0 Å². The lowest BCUT2D eigenvalue weighted by Crippen LogP contribution is -1.97. The van der Waals surface area contributed by atoms with Crippen molar-refractivity contribution in [1.82, 2.24) is 19.9 Å². The molecule has 0 bridgehead atoms. The SMILES string of the molecule is CCCCc1nccc(-c2ncc(C)[nH]2)n1. The number of nitrogens with zero attached hydrogens (tertiary/aromatic N) is 3. The molecule has 2 rings (SSSR count). The van der Waals surface area contributed by atoms with Crippen molar-refractivity contribution in [2.45, 2.75) is 33.1 Å². The predicted molar refractivity (Wildman–Crippen MR) is 63.0 cm³/mol. The number of unbranched alkanes of at least 4 members (excludes halogenated alkanes) is 1. The summed E-state index contributed by atoms with van der Waals surface area (Å²) in [5.41, 5.74) is 1.91. The number of aromatic amines is 1. The fraction of sp³-hybridized carbons (Fsp3) is 0.417. The van der Waals surface area contributed by atoms with Crippen LogP contribution in [0, 0.1) is 6.92 Å². The van der Waals surface area contributed by atoms with Crippen LogP contribution in [0.1, 0.15) is 31.3 Å². The van der Waals surface area contributed by atoms with Crippen molar-refractivity contribution in [3.63, 3.8) is 0 Å². The molecule has 0 spiro atoms. The second-order valence-electron chi connectivity index (χ2n) is 3.88. The molecule has 0 saturated carbocycles. The monoisotopic (exact) mass is 216 g/mol. The van der Waals surface area contributed by atoms with Crippen molar-refractivity contribution < 1.29 is 0 Å². The molecule has 4 nitrogen and oxygen atoms in total. The van der Waals surface area contributed by atoms with Crippen LogP contribution in [0.15, 0.2) is 18.5 Å². The van der Waals surface area contributed by atoms with Crippen LogP contribution in [0.3, 0.4) is 0 Å². The van der Waals surface area contributed by atoms with E-state index in [1.54, 1.807) is 6.20 Å². The summed E-state index contributed by atoms with van der Waals surface area (Å²) in [4.78, 5) is 16.2. The minimum Gasteiger partial charge on any atom is -0.341 e. The third-order valence-corrected chi connectivity index (χ3v) is 2.40. The van der Waals surface area contributed by atoms with Crippen LogP contribution in [0.2, 0.25) is 0 Å². The lowest BCUT2D eigenvalue weighted by atomic mass is 10.2. The third-order valence-electron chi connectivity index (χ3n) is 2.40. The summed E-state index contributed by atoms with van der Waals surface area (Å²) >= 11 is 0. The van der Waals surface area contributed by atoms with Gasteiger partial charge in [0.25, 0.3) is 0 Å². The van der Waals surface area contributed by atoms with Crippen LogP contribution in [-0.2, 0) is 6.42 Å². The highest BCUT2D eigenvalue weighted by atomic mass is 15.0. The van der Waals surface area contributed by atoms with Gasteiger partial charge in [0, 0.05) is 24.5 Å². The van der Waals surface area contributed by atoms with Crippen molar-refractivity contribution in [3.8, 4) is 11.5 Å². The number of rotatable bonds is 4. The van der Waals surface area contributed by atoms with Gasteiger partial charge in [-0.3, -0.25) is 0 Å². The molecular formula is C12H16N4. The van der Waals surface area contributed by atoms with Gasteiger partial charge in [0.1, 0.15) is 11.5 Å². The summed E-state index contributed by atoms with van der Waals surface area (Å²) in [6.07, 6.45) is 6.83. The number of aryl methyl sites for hydroxylation is 2. The topological polar surface area (TPSA) is 54.5 Å². The van der Waals surface area contributed by atoms with Gasteiger partial charge in [0.2, 0.25) is 0 Å². The van der Waals surface area contributed by atoms with Gasteiger partial charge in [-0.2, -0.15) is 0 Å². The third kappa shape index (κ3) is 2.45. The molecular weight excluding hydrogens is 200 g/mol. The average molecular weight is 216 g/mol. The molecule has 0 aromatic carbocycles. The number of nitrogens with one attached hydrogen (secondary N) is 1. The first-order valence-corrected chi connectivity index (χ1v) is 5.63. The molecule has 0 atom stereocenters. The van der Waals surface area contributed by atoms with E-state index in [0.29, 0.717) is 0 Å². The highest BCUT2D eigenvalue weighted by Gasteiger charge is 2.04. The fourth-order valence-corrected chi connectivity index (χ4v) is 1.53. The standard InChI is InChI=1S/C12H16N4/c1-3-4-5-11-13-7-6-10(16-11)12-14-8-9(2)15-12/h6-8H,3-5H2,1-2H3,(H,14,15). The second kappa shape index (κ2) is 4.88. The van der Waals surface area contributed by atoms with Gasteiger partial charge in [0.05, 0.1) is 0 Å². The van der Waals surface area contributed by atoms with Gasteiger partial charge in [0.15, 0.2) is 5.82 Å². The fourth-order valence-electron chi connectivity index (χ4n) is 1.53. The predicted octanol–water partition coefficient (Wildman–Crippen LogP) is 2.52. The summed E-state index contributed by atoms with van der Waals surface area (Å²) < 4.78 is 0. The van der Waals surface area contributed by atoms with E-state index < -0.39 is 0 Å². The Bertz CT molecular complexity index is 462. The van der Waals surface area contributed by atoms with Gasteiger partial charge in [-0.1, -0.05) is 13.3 Å². The summed E-state index contributed by atoms with van der Waals surface area (Å²) in [7, 11) is 0. The van der Waals surface area contributed by atoms with Crippen molar-refractivity contribution in [2.75, 3.05) is 0 Å². The molecule has 0 fully saturated rings. The maximum Gasteiger partial charge on any atom is 0.156 e. The molecule has 0 radical (unpaired) electrons. The second-order valence-corrected chi connectivity index (χ2v) is 3.88. The lowest BCUT2D eigenvalue weighted by molar-refractivity contribution is 0.752. The molecule has 0 aliphatic carbocycles. The maximum absolute atomic E-state index is 4.49. The molecule has 16 heavy (non-hydrogen) atoms. The lowest BCUT2D eigenvalue weighted by Gasteiger charge is -2.00. The first-order chi connectivity index (χ1) is 7.79. The van der Waals surface area contributed by atoms with Gasteiger partial charge in [-0.15, -0.1) is 0 Å². The summed E-state index contributed by atoms with van der Waals surface area (Å²) in [5, 5.41) is 0. The van der Waals surface area contributed by atoms with Crippen molar-refractivity contribution in [3.05, 3.63) is 30.0 Å². The Morgan fingerprint density at radius 1 is 1.31 bits per heavy atom. The number of imidazole rings is 1. The molecule has 84 valence electrons. The smallest absolute Gasteiger partial charge is 0.156 e. The molecule has 0 amide bonds. The van der Waals surface area contributed by atoms with E-state index in [1.165, 1.54) is 0 Å². The highest BCUT2D eigenvalue weighted by molar-refractivity contribution is 5.48. The van der Waals surface area contributed by atoms with Gasteiger partial charge in [-0.05, 0) is 19.4 Å². The van der Waals surface area contributed by atoms with E-state index >= 15 is 0 Å². The summed E-state index contributed by atoms with van der Waals surface area (Å²) in [5.74, 6) is 1.71. The van der Waals surface area contributed by atoms with Crippen molar-refractivity contribution in [1.29, 1.82) is 0 Å². The molecule has 0 unspecified atom stereocenters. The van der Waals surface area contributed by atoms with E-state index in [-0.39, 0.29) is 0 Å². The van der Waals surface area contributed by atoms with Gasteiger partial charge < -0.3 is 4.98 Å².